The molecular formula is C15H23N5OS. The van der Waals surface area contributed by atoms with Crippen molar-refractivity contribution in [3.05, 3.63) is 23.5 Å². The van der Waals surface area contributed by atoms with Gasteiger partial charge in [-0.15, -0.1) is 11.3 Å². The van der Waals surface area contributed by atoms with Crippen molar-refractivity contribution in [2.24, 2.45) is 7.05 Å². The molecule has 3 rings (SSSR count). The first-order valence-corrected chi connectivity index (χ1v) is 8.54. The summed E-state index contributed by atoms with van der Waals surface area (Å²) in [5.41, 5.74) is 2.22. The van der Waals surface area contributed by atoms with E-state index >= 15 is 0 Å². The molecule has 3 heterocycles. The molecule has 1 atom stereocenters. The molecule has 120 valence electrons. The van der Waals surface area contributed by atoms with E-state index in [1.807, 2.05) is 26.4 Å². The lowest BCUT2D eigenvalue weighted by molar-refractivity contribution is 0.0777. The molecular weight excluding hydrogens is 298 g/mol. The van der Waals surface area contributed by atoms with Gasteiger partial charge in [-0.05, 0) is 6.92 Å². The second kappa shape index (κ2) is 6.87. The molecule has 1 unspecified atom stereocenters. The first kappa shape index (κ1) is 15.6. The molecule has 1 aliphatic rings. The predicted octanol–water partition coefficient (Wildman–Crippen LogP) is 1.04. The van der Waals surface area contributed by atoms with E-state index in [1.54, 1.807) is 16.0 Å². The summed E-state index contributed by atoms with van der Waals surface area (Å²) >= 11 is 1.68. The number of piperazine rings is 1. The third-order valence-electron chi connectivity index (χ3n) is 3.88. The van der Waals surface area contributed by atoms with Gasteiger partial charge in [0.15, 0.2) is 0 Å². The Labute approximate surface area is 135 Å². The first-order valence-electron chi connectivity index (χ1n) is 7.66. The molecule has 1 fully saturated rings. The van der Waals surface area contributed by atoms with Crippen LogP contribution in [0, 0.1) is 0 Å². The molecule has 0 radical (unpaired) electrons. The summed E-state index contributed by atoms with van der Waals surface area (Å²) in [7, 11) is 1.92. The van der Waals surface area contributed by atoms with Crippen LogP contribution in [0.2, 0.25) is 0 Å². The van der Waals surface area contributed by atoms with E-state index in [-0.39, 0.29) is 6.10 Å². The second-order valence-electron chi connectivity index (χ2n) is 5.97. The maximum absolute atomic E-state index is 9.45. The molecule has 1 aliphatic heterocycles. The van der Waals surface area contributed by atoms with E-state index in [4.69, 9.17) is 4.98 Å². The molecule has 0 spiro atoms. The number of β-amino-alcohol motifs (C(OH)–C–C–N with tert-alkyl or cyclic N) is 1. The van der Waals surface area contributed by atoms with E-state index in [9.17, 15) is 5.11 Å². The van der Waals surface area contributed by atoms with Crippen molar-refractivity contribution in [2.45, 2.75) is 19.6 Å². The van der Waals surface area contributed by atoms with Crippen LogP contribution in [0.15, 0.2) is 17.8 Å². The Kier molecular flexibility index (Phi) is 4.87. The van der Waals surface area contributed by atoms with Gasteiger partial charge in [0.05, 0.1) is 18.0 Å². The highest BCUT2D eigenvalue weighted by atomic mass is 32.1. The zero-order chi connectivity index (χ0) is 15.5. The SMILES string of the molecule is CC(O)CN1CCN(Cc2csc(-c3cnn(C)c3)n2)CC1. The third kappa shape index (κ3) is 3.92. The third-order valence-corrected chi connectivity index (χ3v) is 4.82. The highest BCUT2D eigenvalue weighted by Crippen LogP contribution is 2.23. The van der Waals surface area contributed by atoms with Crippen molar-refractivity contribution in [1.82, 2.24) is 24.6 Å². The van der Waals surface area contributed by atoms with Gasteiger partial charge in [0.2, 0.25) is 0 Å². The second-order valence-corrected chi connectivity index (χ2v) is 6.83. The monoisotopic (exact) mass is 321 g/mol. The molecule has 2 aromatic heterocycles. The highest BCUT2D eigenvalue weighted by molar-refractivity contribution is 7.13. The summed E-state index contributed by atoms with van der Waals surface area (Å²) in [4.78, 5) is 9.48. The average Bonchev–Trinajstić information content (AvgIpc) is 3.09. The maximum atomic E-state index is 9.45. The smallest absolute Gasteiger partial charge is 0.126 e. The Bertz CT molecular complexity index is 601. The number of nitrogens with zero attached hydrogens (tertiary/aromatic N) is 5. The maximum Gasteiger partial charge on any atom is 0.126 e. The lowest BCUT2D eigenvalue weighted by atomic mass is 10.2. The normalized spacial score (nSPS) is 18.7. The molecule has 0 bridgehead atoms. The van der Waals surface area contributed by atoms with Gasteiger partial charge in [0.1, 0.15) is 5.01 Å². The summed E-state index contributed by atoms with van der Waals surface area (Å²) in [6, 6.07) is 0. The minimum Gasteiger partial charge on any atom is -0.392 e. The largest absolute Gasteiger partial charge is 0.392 e. The summed E-state index contributed by atoms with van der Waals surface area (Å²) in [6.45, 7) is 7.63. The molecule has 1 N–H and O–H groups in total. The van der Waals surface area contributed by atoms with Crippen LogP contribution in [-0.4, -0.2) is 68.5 Å². The zero-order valence-electron chi connectivity index (χ0n) is 13.1. The standard InChI is InChI=1S/C15H23N5OS/c1-12(21)8-19-3-5-20(6-4-19)10-14-11-22-15(17-14)13-7-16-18(2)9-13/h7,9,11-12,21H,3-6,8,10H2,1-2H3. The van der Waals surface area contributed by atoms with Crippen LogP contribution in [-0.2, 0) is 13.6 Å². The first-order chi connectivity index (χ1) is 10.6. The van der Waals surface area contributed by atoms with Gasteiger partial charge in [-0.3, -0.25) is 14.5 Å². The summed E-state index contributed by atoms with van der Waals surface area (Å²) < 4.78 is 1.80. The Hall–Kier alpha value is -1.28. The van der Waals surface area contributed by atoms with E-state index < -0.39 is 0 Å². The Morgan fingerprint density at radius 3 is 2.64 bits per heavy atom. The van der Waals surface area contributed by atoms with Crippen LogP contribution < -0.4 is 0 Å². The number of aliphatic hydroxyl groups excluding tert-OH is 1. The molecule has 22 heavy (non-hydrogen) atoms. The predicted molar refractivity (Wildman–Crippen MR) is 87.7 cm³/mol. The van der Waals surface area contributed by atoms with Crippen molar-refractivity contribution in [2.75, 3.05) is 32.7 Å². The molecule has 2 aromatic rings. The topological polar surface area (TPSA) is 57.4 Å². The Balaban J connectivity index is 1.53. The molecule has 0 amide bonds. The number of aryl methyl sites for hydroxylation is 1. The number of thiazole rings is 1. The van der Waals surface area contributed by atoms with Gasteiger partial charge in [0, 0.05) is 63.5 Å². The van der Waals surface area contributed by atoms with Crippen molar-refractivity contribution >= 4 is 11.3 Å². The van der Waals surface area contributed by atoms with Crippen molar-refractivity contribution in [1.29, 1.82) is 0 Å². The fourth-order valence-electron chi connectivity index (χ4n) is 2.78. The van der Waals surface area contributed by atoms with E-state index in [0.717, 1.165) is 55.5 Å². The highest BCUT2D eigenvalue weighted by Gasteiger charge is 2.19. The van der Waals surface area contributed by atoms with Gasteiger partial charge in [-0.2, -0.15) is 5.10 Å². The minimum atomic E-state index is -0.243. The number of hydrogen-bond donors (Lipinski definition) is 1. The van der Waals surface area contributed by atoms with Crippen molar-refractivity contribution in [3.8, 4) is 10.6 Å². The molecule has 7 heteroatoms. The summed E-state index contributed by atoms with van der Waals surface area (Å²) in [5, 5.41) is 16.8. The van der Waals surface area contributed by atoms with Crippen molar-refractivity contribution < 1.29 is 5.11 Å². The van der Waals surface area contributed by atoms with Gasteiger partial charge in [-0.1, -0.05) is 0 Å². The van der Waals surface area contributed by atoms with Crippen molar-refractivity contribution in [3.63, 3.8) is 0 Å². The van der Waals surface area contributed by atoms with Crippen LogP contribution in [0.25, 0.3) is 10.6 Å². The quantitative estimate of drug-likeness (QED) is 0.892. The number of rotatable bonds is 5. The number of aliphatic hydroxyl groups is 1. The summed E-state index contributed by atoms with van der Waals surface area (Å²) in [5.74, 6) is 0. The van der Waals surface area contributed by atoms with E-state index in [1.165, 1.54) is 0 Å². The van der Waals surface area contributed by atoms with Crippen LogP contribution in [0.3, 0.4) is 0 Å². The number of aromatic nitrogens is 3. The van der Waals surface area contributed by atoms with Crippen LogP contribution >= 0.6 is 11.3 Å². The van der Waals surface area contributed by atoms with Gasteiger partial charge < -0.3 is 5.11 Å². The molecule has 1 saturated heterocycles. The molecule has 0 aromatic carbocycles. The van der Waals surface area contributed by atoms with Crippen LogP contribution in [0.5, 0.6) is 0 Å². The number of hydrogen-bond acceptors (Lipinski definition) is 6. The molecule has 0 saturated carbocycles. The minimum absolute atomic E-state index is 0.243. The van der Waals surface area contributed by atoms with Gasteiger partial charge in [0.25, 0.3) is 0 Å². The average molecular weight is 321 g/mol. The Morgan fingerprint density at radius 1 is 1.27 bits per heavy atom. The van der Waals surface area contributed by atoms with Crippen LogP contribution in [0.1, 0.15) is 12.6 Å². The van der Waals surface area contributed by atoms with Crippen LogP contribution in [0.4, 0.5) is 0 Å². The zero-order valence-corrected chi connectivity index (χ0v) is 14.0. The molecule has 6 nitrogen and oxygen atoms in total. The Morgan fingerprint density at radius 2 is 2.00 bits per heavy atom. The summed E-state index contributed by atoms with van der Waals surface area (Å²) in [6.07, 6.45) is 3.61. The lowest BCUT2D eigenvalue weighted by Crippen LogP contribution is -2.47. The fraction of sp³-hybridized carbons (Fsp3) is 0.600. The lowest BCUT2D eigenvalue weighted by Gasteiger charge is -2.34. The van der Waals surface area contributed by atoms with Gasteiger partial charge in [-0.25, -0.2) is 4.98 Å². The van der Waals surface area contributed by atoms with E-state index in [2.05, 4.69) is 20.3 Å². The fourth-order valence-corrected chi connectivity index (χ4v) is 3.56. The molecule has 0 aliphatic carbocycles. The van der Waals surface area contributed by atoms with E-state index in [0.29, 0.717) is 0 Å². The van der Waals surface area contributed by atoms with Gasteiger partial charge >= 0.3 is 0 Å².